The fourth-order valence-corrected chi connectivity index (χ4v) is 2.99. The highest BCUT2D eigenvalue weighted by atomic mass is 16.5. The van der Waals surface area contributed by atoms with Crippen molar-refractivity contribution in [3.8, 4) is 0 Å². The Morgan fingerprint density at radius 3 is 1.88 bits per heavy atom. The van der Waals surface area contributed by atoms with Crippen molar-refractivity contribution in [2.24, 2.45) is 0 Å². The Morgan fingerprint density at radius 2 is 1.35 bits per heavy atom. The molecule has 0 bridgehead atoms. The van der Waals surface area contributed by atoms with Crippen LogP contribution in [0.15, 0.2) is 72.8 Å². The Bertz CT molecular complexity index is 703. The van der Waals surface area contributed by atoms with Gasteiger partial charge in [0.2, 0.25) is 0 Å². The molecule has 138 valence electrons. The minimum Gasteiger partial charge on any atom is -0.393 e. The van der Waals surface area contributed by atoms with E-state index in [9.17, 15) is 15.3 Å². The molecule has 0 saturated heterocycles. The lowest BCUT2D eigenvalue weighted by atomic mass is 9.82. The zero-order valence-electron chi connectivity index (χ0n) is 14.4. The minimum atomic E-state index is -1.83. The number of hydrogen-bond donors (Lipinski definition) is 3. The third kappa shape index (κ3) is 4.20. The van der Waals surface area contributed by atoms with E-state index in [4.69, 9.17) is 9.47 Å². The summed E-state index contributed by atoms with van der Waals surface area (Å²) in [7, 11) is 0. The van der Waals surface area contributed by atoms with Gasteiger partial charge in [-0.15, -0.1) is 0 Å². The fraction of sp³-hybridized carbons (Fsp3) is 0.333. The summed E-state index contributed by atoms with van der Waals surface area (Å²) < 4.78 is 11.5. The smallest absolute Gasteiger partial charge is 0.146 e. The zero-order chi connectivity index (χ0) is 18.4. The molecule has 0 aromatic heterocycles. The van der Waals surface area contributed by atoms with Crippen molar-refractivity contribution in [3.05, 3.63) is 83.9 Å². The van der Waals surface area contributed by atoms with Crippen LogP contribution < -0.4 is 0 Å². The van der Waals surface area contributed by atoms with Crippen LogP contribution in [0.1, 0.15) is 11.1 Å². The molecule has 0 aliphatic heterocycles. The van der Waals surface area contributed by atoms with Crippen molar-refractivity contribution in [3.63, 3.8) is 0 Å². The SMILES string of the molecule is OC[C@]1(O)[C@H](OCc2ccccc2)C=C[C@@H](OCc2ccccc2)[C@@H]1O. The van der Waals surface area contributed by atoms with Gasteiger partial charge in [-0.05, 0) is 11.1 Å². The topological polar surface area (TPSA) is 79.2 Å². The Labute approximate surface area is 153 Å². The van der Waals surface area contributed by atoms with Gasteiger partial charge < -0.3 is 24.8 Å². The first kappa shape index (κ1) is 18.8. The molecule has 0 spiro atoms. The van der Waals surface area contributed by atoms with E-state index in [-0.39, 0.29) is 6.61 Å². The van der Waals surface area contributed by atoms with E-state index in [2.05, 4.69) is 0 Å². The summed E-state index contributed by atoms with van der Waals surface area (Å²) >= 11 is 0. The number of aliphatic hydroxyl groups is 3. The second-order valence-electron chi connectivity index (χ2n) is 6.46. The van der Waals surface area contributed by atoms with Crippen LogP contribution in [0.4, 0.5) is 0 Å². The summed E-state index contributed by atoms with van der Waals surface area (Å²) in [5.41, 5.74) is 0.0754. The van der Waals surface area contributed by atoms with E-state index < -0.39 is 30.5 Å². The highest BCUT2D eigenvalue weighted by Crippen LogP contribution is 2.29. The zero-order valence-corrected chi connectivity index (χ0v) is 14.4. The van der Waals surface area contributed by atoms with Crippen LogP contribution in [0.25, 0.3) is 0 Å². The second-order valence-corrected chi connectivity index (χ2v) is 6.46. The van der Waals surface area contributed by atoms with Crippen LogP contribution in [-0.4, -0.2) is 45.8 Å². The third-order valence-corrected chi connectivity index (χ3v) is 4.60. The molecule has 1 aliphatic rings. The molecule has 0 fully saturated rings. The molecule has 0 unspecified atom stereocenters. The molecule has 0 radical (unpaired) electrons. The molecular weight excluding hydrogens is 332 g/mol. The summed E-state index contributed by atoms with van der Waals surface area (Å²) in [6.07, 6.45) is 0.444. The number of rotatable bonds is 7. The van der Waals surface area contributed by atoms with Crippen molar-refractivity contribution in [1.29, 1.82) is 0 Å². The van der Waals surface area contributed by atoms with E-state index in [0.29, 0.717) is 6.61 Å². The molecule has 26 heavy (non-hydrogen) atoms. The monoisotopic (exact) mass is 356 g/mol. The number of benzene rings is 2. The maximum atomic E-state index is 10.8. The van der Waals surface area contributed by atoms with Gasteiger partial charge in [-0.25, -0.2) is 0 Å². The number of aliphatic hydroxyl groups excluding tert-OH is 2. The maximum Gasteiger partial charge on any atom is 0.146 e. The Morgan fingerprint density at radius 1 is 0.808 bits per heavy atom. The molecule has 4 atom stereocenters. The lowest BCUT2D eigenvalue weighted by Crippen LogP contribution is -2.61. The van der Waals surface area contributed by atoms with E-state index in [1.165, 1.54) is 0 Å². The average molecular weight is 356 g/mol. The standard InChI is InChI=1S/C21H24O5/c22-15-21(24)19(26-14-17-9-5-2-6-10-17)12-11-18(20(21)23)25-13-16-7-3-1-4-8-16/h1-12,18-20,22-24H,13-15H2/t18-,19-,20+,21+/m1/s1. The lowest BCUT2D eigenvalue weighted by Gasteiger charge is -2.42. The molecule has 0 amide bonds. The summed E-state index contributed by atoms with van der Waals surface area (Å²) in [6.45, 7) is -0.0759. The summed E-state index contributed by atoms with van der Waals surface area (Å²) in [6, 6.07) is 19.1. The molecule has 3 N–H and O–H groups in total. The first-order valence-corrected chi connectivity index (χ1v) is 8.64. The van der Waals surface area contributed by atoms with Gasteiger partial charge in [-0.3, -0.25) is 0 Å². The van der Waals surface area contributed by atoms with Crippen LogP contribution in [0.5, 0.6) is 0 Å². The van der Waals surface area contributed by atoms with Crippen molar-refractivity contribution in [2.75, 3.05) is 6.61 Å². The Balaban J connectivity index is 1.66. The van der Waals surface area contributed by atoms with Gasteiger partial charge in [0.05, 0.1) is 19.8 Å². The first-order valence-electron chi connectivity index (χ1n) is 8.64. The van der Waals surface area contributed by atoms with Crippen molar-refractivity contribution >= 4 is 0 Å². The van der Waals surface area contributed by atoms with Crippen LogP contribution in [-0.2, 0) is 22.7 Å². The van der Waals surface area contributed by atoms with Crippen molar-refractivity contribution in [1.82, 2.24) is 0 Å². The van der Waals surface area contributed by atoms with Crippen LogP contribution in [0.2, 0.25) is 0 Å². The molecule has 2 aromatic carbocycles. The van der Waals surface area contributed by atoms with Crippen molar-refractivity contribution in [2.45, 2.75) is 37.1 Å². The molecule has 0 heterocycles. The van der Waals surface area contributed by atoms with Crippen LogP contribution in [0.3, 0.4) is 0 Å². The molecular formula is C21H24O5. The quantitative estimate of drug-likeness (QED) is 0.660. The van der Waals surface area contributed by atoms with Gasteiger partial charge in [0.1, 0.15) is 23.9 Å². The van der Waals surface area contributed by atoms with Gasteiger partial charge in [0, 0.05) is 0 Å². The summed E-state index contributed by atoms with van der Waals surface area (Å²) in [5, 5.41) is 31.1. The minimum absolute atomic E-state index is 0.264. The third-order valence-electron chi connectivity index (χ3n) is 4.60. The first-order chi connectivity index (χ1) is 12.6. The number of ether oxygens (including phenoxy) is 2. The lowest BCUT2D eigenvalue weighted by molar-refractivity contribution is -0.205. The molecule has 5 heteroatoms. The second kappa shape index (κ2) is 8.58. The molecule has 2 aromatic rings. The highest BCUT2D eigenvalue weighted by Gasteiger charge is 2.49. The van der Waals surface area contributed by atoms with Gasteiger partial charge in [0.25, 0.3) is 0 Å². The molecule has 3 rings (SSSR count). The van der Waals surface area contributed by atoms with Gasteiger partial charge >= 0.3 is 0 Å². The van der Waals surface area contributed by atoms with Gasteiger partial charge in [-0.1, -0.05) is 72.8 Å². The normalized spacial score (nSPS) is 28.2. The van der Waals surface area contributed by atoms with E-state index >= 15 is 0 Å². The number of hydrogen-bond acceptors (Lipinski definition) is 5. The Kier molecular flexibility index (Phi) is 6.19. The molecule has 0 saturated carbocycles. The van der Waals surface area contributed by atoms with E-state index in [1.54, 1.807) is 12.2 Å². The molecule has 5 nitrogen and oxygen atoms in total. The van der Waals surface area contributed by atoms with E-state index in [0.717, 1.165) is 11.1 Å². The van der Waals surface area contributed by atoms with E-state index in [1.807, 2.05) is 60.7 Å². The summed E-state index contributed by atoms with van der Waals surface area (Å²) in [4.78, 5) is 0. The highest BCUT2D eigenvalue weighted by molar-refractivity contribution is 5.19. The van der Waals surface area contributed by atoms with Crippen LogP contribution in [0, 0.1) is 0 Å². The maximum absolute atomic E-state index is 10.8. The van der Waals surface area contributed by atoms with Crippen LogP contribution >= 0.6 is 0 Å². The average Bonchev–Trinajstić information content (AvgIpc) is 2.70. The van der Waals surface area contributed by atoms with Gasteiger partial charge in [0.15, 0.2) is 0 Å². The predicted octanol–water partition coefficient (Wildman–Crippen LogP) is 1.81. The van der Waals surface area contributed by atoms with Gasteiger partial charge in [-0.2, -0.15) is 0 Å². The Hall–Kier alpha value is -2.02. The summed E-state index contributed by atoms with van der Waals surface area (Å²) in [5.74, 6) is 0. The predicted molar refractivity (Wildman–Crippen MR) is 97.2 cm³/mol. The van der Waals surface area contributed by atoms with Crippen molar-refractivity contribution < 1.29 is 24.8 Å². The largest absolute Gasteiger partial charge is 0.393 e. The molecule has 1 aliphatic carbocycles. The fourth-order valence-electron chi connectivity index (χ4n) is 2.99.